The van der Waals surface area contributed by atoms with Gasteiger partial charge in [-0.15, -0.1) is 11.6 Å². The van der Waals surface area contributed by atoms with Gasteiger partial charge in [0, 0.05) is 17.1 Å². The second-order valence-electron chi connectivity index (χ2n) is 8.94. The number of rotatable bonds is 14. The summed E-state index contributed by atoms with van der Waals surface area (Å²) in [4.78, 5) is 0. The third-order valence-electron chi connectivity index (χ3n) is 6.27. The molecule has 3 aromatic rings. The Morgan fingerprint density at radius 1 is 0.676 bits per heavy atom. The van der Waals surface area contributed by atoms with Gasteiger partial charge in [0.1, 0.15) is 12.2 Å². The molecular formula is C30H34BrClO5. The molecule has 37 heavy (non-hydrogen) atoms. The van der Waals surface area contributed by atoms with Gasteiger partial charge in [0.2, 0.25) is 0 Å². The van der Waals surface area contributed by atoms with E-state index in [1.807, 2.05) is 66.7 Å². The molecule has 0 N–H and O–H groups in total. The summed E-state index contributed by atoms with van der Waals surface area (Å²) >= 11 is 9.63. The molecule has 1 aliphatic rings. The van der Waals surface area contributed by atoms with Crippen molar-refractivity contribution in [3.63, 3.8) is 0 Å². The van der Waals surface area contributed by atoms with Gasteiger partial charge in [0.05, 0.1) is 39.1 Å². The molecule has 1 saturated heterocycles. The van der Waals surface area contributed by atoms with Crippen LogP contribution < -0.4 is 0 Å². The molecule has 5 atom stereocenters. The van der Waals surface area contributed by atoms with E-state index in [9.17, 15) is 0 Å². The molecule has 4 rings (SSSR count). The van der Waals surface area contributed by atoms with Crippen molar-refractivity contribution in [3.8, 4) is 0 Å². The van der Waals surface area contributed by atoms with E-state index in [0.717, 1.165) is 16.7 Å². The van der Waals surface area contributed by atoms with E-state index in [1.165, 1.54) is 0 Å². The maximum atomic E-state index is 6.58. The summed E-state index contributed by atoms with van der Waals surface area (Å²) < 4.78 is 31.8. The second-order valence-corrected chi connectivity index (χ2v) is 9.97. The van der Waals surface area contributed by atoms with Gasteiger partial charge in [-0.1, -0.05) is 107 Å². The Labute approximate surface area is 233 Å². The zero-order valence-corrected chi connectivity index (χ0v) is 23.1. The second kappa shape index (κ2) is 15.6. The molecule has 3 aromatic carbocycles. The first-order chi connectivity index (χ1) is 18.3. The summed E-state index contributed by atoms with van der Waals surface area (Å²) in [5, 5.41) is 0.627. The van der Waals surface area contributed by atoms with Crippen LogP contribution in [0.15, 0.2) is 91.0 Å². The maximum Gasteiger partial charge on any atom is 0.164 e. The summed E-state index contributed by atoms with van der Waals surface area (Å²) in [5.41, 5.74) is 3.29. The van der Waals surface area contributed by atoms with Crippen LogP contribution in [0.2, 0.25) is 0 Å². The molecule has 0 spiro atoms. The van der Waals surface area contributed by atoms with Crippen molar-refractivity contribution in [1.82, 2.24) is 0 Å². The number of ether oxygens (including phenoxy) is 5. The lowest BCUT2D eigenvalue weighted by atomic mass is 9.91. The minimum Gasteiger partial charge on any atom is -0.374 e. The van der Waals surface area contributed by atoms with Crippen LogP contribution in [0.5, 0.6) is 0 Å². The molecule has 0 amide bonds. The number of hydrogen-bond donors (Lipinski definition) is 0. The SMILES string of the molecule is ClCCO[C@H]1O[C@H](COCc2ccccc2)[C@@H](OCc2ccccc2)[C@H](OCc2ccccc2)[C@@H]1CBr. The minimum absolute atomic E-state index is 0.0990. The number of alkyl halides is 2. The lowest BCUT2D eigenvalue weighted by Gasteiger charge is -2.45. The third-order valence-corrected chi connectivity index (χ3v) is 7.17. The lowest BCUT2D eigenvalue weighted by Crippen LogP contribution is -2.59. The minimum atomic E-state index is -0.499. The Bertz CT molecular complexity index is 1010. The average Bonchev–Trinajstić information content (AvgIpc) is 2.95. The van der Waals surface area contributed by atoms with Crippen LogP contribution in [0, 0.1) is 5.92 Å². The van der Waals surface area contributed by atoms with Crippen LogP contribution >= 0.6 is 27.5 Å². The lowest BCUT2D eigenvalue weighted by molar-refractivity contribution is -0.300. The highest BCUT2D eigenvalue weighted by Gasteiger charge is 2.47. The molecule has 198 valence electrons. The molecule has 1 heterocycles. The van der Waals surface area contributed by atoms with E-state index in [1.54, 1.807) is 0 Å². The Kier molecular flexibility index (Phi) is 11.9. The number of benzene rings is 3. The van der Waals surface area contributed by atoms with Gasteiger partial charge in [-0.05, 0) is 16.7 Å². The molecule has 0 aromatic heterocycles. The molecule has 0 bridgehead atoms. The Balaban J connectivity index is 1.54. The Morgan fingerprint density at radius 3 is 1.70 bits per heavy atom. The fourth-order valence-electron chi connectivity index (χ4n) is 4.40. The van der Waals surface area contributed by atoms with E-state index in [2.05, 4.69) is 40.2 Å². The summed E-state index contributed by atoms with van der Waals surface area (Å²) in [6, 6.07) is 30.4. The van der Waals surface area contributed by atoms with Crippen LogP contribution in [0.4, 0.5) is 0 Å². The first-order valence-electron chi connectivity index (χ1n) is 12.6. The van der Waals surface area contributed by atoms with Crippen molar-refractivity contribution in [2.45, 2.75) is 44.4 Å². The molecule has 7 heteroatoms. The van der Waals surface area contributed by atoms with Crippen LogP contribution in [-0.4, -0.2) is 49.0 Å². The Hall–Kier alpha value is -1.77. The molecule has 5 nitrogen and oxygen atoms in total. The van der Waals surface area contributed by atoms with Crippen LogP contribution in [0.3, 0.4) is 0 Å². The van der Waals surface area contributed by atoms with Crippen molar-refractivity contribution in [3.05, 3.63) is 108 Å². The highest BCUT2D eigenvalue weighted by molar-refractivity contribution is 9.09. The predicted molar refractivity (Wildman–Crippen MR) is 149 cm³/mol. The van der Waals surface area contributed by atoms with Crippen LogP contribution in [0.25, 0.3) is 0 Å². The highest BCUT2D eigenvalue weighted by atomic mass is 79.9. The van der Waals surface area contributed by atoms with Gasteiger partial charge in [-0.3, -0.25) is 0 Å². The van der Waals surface area contributed by atoms with Crippen molar-refractivity contribution < 1.29 is 23.7 Å². The van der Waals surface area contributed by atoms with E-state index >= 15 is 0 Å². The Morgan fingerprint density at radius 2 is 1.19 bits per heavy atom. The zero-order valence-electron chi connectivity index (χ0n) is 20.8. The quantitative estimate of drug-likeness (QED) is 0.205. The van der Waals surface area contributed by atoms with Gasteiger partial charge in [0.15, 0.2) is 6.29 Å². The fourth-order valence-corrected chi connectivity index (χ4v) is 5.16. The van der Waals surface area contributed by atoms with Crippen molar-refractivity contribution in [2.24, 2.45) is 5.92 Å². The molecule has 0 aliphatic carbocycles. The topological polar surface area (TPSA) is 46.2 Å². The van der Waals surface area contributed by atoms with E-state index in [0.29, 0.717) is 44.2 Å². The highest BCUT2D eigenvalue weighted by Crippen LogP contribution is 2.34. The van der Waals surface area contributed by atoms with Gasteiger partial charge in [0.25, 0.3) is 0 Å². The molecular weight excluding hydrogens is 556 g/mol. The standard InChI is InChI=1S/C30H34BrClO5/c31-18-26-28(35-20-24-12-6-2-7-13-24)29(36-21-25-14-8-3-9-15-25)27(37-30(26)34-17-16-32)22-33-19-23-10-4-1-5-11-23/h1-15,26-30H,16-22H2/t26-,27+,28+,29+,30-/m0/s1. The van der Waals surface area contributed by atoms with Crippen LogP contribution in [-0.2, 0) is 43.5 Å². The largest absolute Gasteiger partial charge is 0.374 e. The number of hydrogen-bond acceptors (Lipinski definition) is 5. The summed E-state index contributed by atoms with van der Waals surface area (Å²) in [6.45, 7) is 2.11. The normalized spacial score (nSPS) is 23.7. The van der Waals surface area contributed by atoms with Gasteiger partial charge in [-0.2, -0.15) is 0 Å². The van der Waals surface area contributed by atoms with Gasteiger partial charge in [-0.25, -0.2) is 0 Å². The predicted octanol–water partition coefficient (Wildman–Crippen LogP) is 6.37. The molecule has 0 radical (unpaired) electrons. The third kappa shape index (κ3) is 8.62. The van der Waals surface area contributed by atoms with E-state index < -0.39 is 6.29 Å². The maximum absolute atomic E-state index is 6.58. The molecule has 1 fully saturated rings. The molecule has 1 aliphatic heterocycles. The molecule has 0 unspecified atom stereocenters. The summed E-state index contributed by atoms with van der Waals surface area (Å²) in [7, 11) is 0. The average molecular weight is 590 g/mol. The zero-order chi connectivity index (χ0) is 25.7. The smallest absolute Gasteiger partial charge is 0.164 e. The van der Waals surface area contributed by atoms with Crippen molar-refractivity contribution in [2.75, 3.05) is 24.4 Å². The fraction of sp³-hybridized carbons (Fsp3) is 0.400. The van der Waals surface area contributed by atoms with Crippen molar-refractivity contribution in [1.29, 1.82) is 0 Å². The monoisotopic (exact) mass is 588 g/mol. The summed E-state index contributed by atoms with van der Waals surface area (Å²) in [5.74, 6) is 0.283. The molecule has 0 saturated carbocycles. The first-order valence-corrected chi connectivity index (χ1v) is 14.3. The van der Waals surface area contributed by atoms with Crippen molar-refractivity contribution >= 4 is 27.5 Å². The summed E-state index contributed by atoms with van der Waals surface area (Å²) in [6.07, 6.45) is -1.54. The van der Waals surface area contributed by atoms with Gasteiger partial charge < -0.3 is 23.7 Å². The van der Waals surface area contributed by atoms with Gasteiger partial charge >= 0.3 is 0 Å². The van der Waals surface area contributed by atoms with Crippen LogP contribution in [0.1, 0.15) is 16.7 Å². The van der Waals surface area contributed by atoms with E-state index in [-0.39, 0.29) is 24.2 Å². The first kappa shape index (κ1) is 28.2. The van der Waals surface area contributed by atoms with E-state index in [4.69, 9.17) is 35.3 Å². The number of halogens is 2.